The van der Waals surface area contributed by atoms with E-state index >= 15 is 0 Å². The van der Waals surface area contributed by atoms with Gasteiger partial charge in [0.2, 0.25) is 21.8 Å². The Bertz CT molecular complexity index is 1110. The summed E-state index contributed by atoms with van der Waals surface area (Å²) in [6, 6.07) is 4.02. The third-order valence-electron chi connectivity index (χ3n) is 4.91. The van der Waals surface area contributed by atoms with Crippen molar-refractivity contribution >= 4 is 15.9 Å². The Balaban J connectivity index is 1.63. The third-order valence-corrected chi connectivity index (χ3v) is 6.81. The smallest absolute Gasteiger partial charge is 0.392 e. The first-order valence-corrected chi connectivity index (χ1v) is 11.3. The summed E-state index contributed by atoms with van der Waals surface area (Å²) in [6.45, 7) is -0.621. The Morgan fingerprint density at radius 3 is 2.64 bits per heavy atom. The number of hydrogen-bond donors (Lipinski definition) is 1. The summed E-state index contributed by atoms with van der Waals surface area (Å²) in [7, 11) is -4.24. The molecule has 1 fully saturated rings. The Kier molecular flexibility index (Phi) is 7.52. The quantitative estimate of drug-likeness (QED) is 0.571. The van der Waals surface area contributed by atoms with Gasteiger partial charge >= 0.3 is 6.18 Å². The first-order valence-electron chi connectivity index (χ1n) is 9.86. The molecule has 0 saturated carbocycles. The first-order chi connectivity index (χ1) is 15.5. The van der Waals surface area contributed by atoms with Crippen LogP contribution in [0.5, 0.6) is 5.88 Å². The van der Waals surface area contributed by atoms with Crippen LogP contribution in [0.15, 0.2) is 41.4 Å². The maximum Gasteiger partial charge on any atom is 0.392 e. The standard InChI is InChI=1S/C20H20F5N3O4S/c21-15-4-3-14(11-16(15)22)33(30,31)28-8-1-2-17(28)19(29)27-12-13-5-7-26-18(10-13)32-9-6-20(23,24)25/h3-5,7,10-11,17H,1-2,6,8-9,12H2,(H,27,29)/t17-/m0/s1. The molecule has 2 heterocycles. The molecule has 1 aliphatic rings. The summed E-state index contributed by atoms with van der Waals surface area (Å²) in [5, 5.41) is 2.58. The second-order valence-corrected chi connectivity index (χ2v) is 9.17. The van der Waals surface area contributed by atoms with E-state index in [0.29, 0.717) is 24.1 Å². The summed E-state index contributed by atoms with van der Waals surface area (Å²) in [4.78, 5) is 16.0. The van der Waals surface area contributed by atoms with Gasteiger partial charge in [-0.1, -0.05) is 0 Å². The van der Waals surface area contributed by atoms with Crippen LogP contribution in [-0.4, -0.2) is 49.0 Å². The summed E-state index contributed by atoms with van der Waals surface area (Å²) in [5.41, 5.74) is 0.480. The molecule has 1 aromatic heterocycles. The molecule has 0 spiro atoms. The Labute approximate surface area is 186 Å². The molecule has 1 amide bonds. The van der Waals surface area contributed by atoms with Crippen molar-refractivity contribution in [2.75, 3.05) is 13.2 Å². The van der Waals surface area contributed by atoms with E-state index in [1.54, 1.807) is 0 Å². The molecule has 180 valence electrons. The van der Waals surface area contributed by atoms with Gasteiger partial charge in [-0.15, -0.1) is 0 Å². The average Bonchev–Trinajstić information content (AvgIpc) is 3.24. The third kappa shape index (κ3) is 6.38. The minimum atomic E-state index is -4.36. The fourth-order valence-corrected chi connectivity index (χ4v) is 4.95. The lowest BCUT2D eigenvalue weighted by Gasteiger charge is -2.23. The van der Waals surface area contributed by atoms with Gasteiger partial charge in [-0.2, -0.15) is 17.5 Å². The van der Waals surface area contributed by atoms with Crippen LogP contribution < -0.4 is 10.1 Å². The fraction of sp³-hybridized carbons (Fsp3) is 0.400. The van der Waals surface area contributed by atoms with E-state index in [2.05, 4.69) is 10.3 Å². The lowest BCUT2D eigenvalue weighted by molar-refractivity contribution is -0.139. The van der Waals surface area contributed by atoms with E-state index in [0.717, 1.165) is 10.4 Å². The number of nitrogens with one attached hydrogen (secondary N) is 1. The molecule has 13 heteroatoms. The fourth-order valence-electron chi connectivity index (χ4n) is 3.28. The van der Waals surface area contributed by atoms with Gasteiger partial charge in [-0.25, -0.2) is 22.2 Å². The number of hydrogen-bond acceptors (Lipinski definition) is 5. The molecule has 2 aromatic rings. The van der Waals surface area contributed by atoms with Crippen LogP contribution in [0.25, 0.3) is 0 Å². The lowest BCUT2D eigenvalue weighted by Crippen LogP contribution is -2.45. The predicted molar refractivity (Wildman–Crippen MR) is 106 cm³/mol. The largest absolute Gasteiger partial charge is 0.477 e. The zero-order chi connectivity index (χ0) is 24.2. The van der Waals surface area contributed by atoms with Crippen LogP contribution in [0.1, 0.15) is 24.8 Å². The molecule has 0 unspecified atom stereocenters. The molecule has 1 aliphatic heterocycles. The number of alkyl halides is 3. The molecule has 0 bridgehead atoms. The summed E-state index contributed by atoms with van der Waals surface area (Å²) >= 11 is 0. The number of rotatable bonds is 8. The highest BCUT2D eigenvalue weighted by Gasteiger charge is 2.39. The molecule has 1 N–H and O–H groups in total. The van der Waals surface area contributed by atoms with Crippen LogP contribution in [0, 0.1) is 11.6 Å². The van der Waals surface area contributed by atoms with Gasteiger partial charge in [0.25, 0.3) is 0 Å². The van der Waals surface area contributed by atoms with Gasteiger partial charge in [0.1, 0.15) is 6.04 Å². The van der Waals surface area contributed by atoms with Crippen LogP contribution >= 0.6 is 0 Å². The SMILES string of the molecule is O=C(NCc1ccnc(OCCC(F)(F)F)c1)[C@@H]1CCCN1S(=O)(=O)c1ccc(F)c(F)c1. The van der Waals surface area contributed by atoms with Crippen molar-refractivity contribution in [2.45, 2.75) is 42.9 Å². The lowest BCUT2D eigenvalue weighted by atomic mass is 10.2. The van der Waals surface area contributed by atoms with Crippen molar-refractivity contribution in [2.24, 2.45) is 0 Å². The molecule has 7 nitrogen and oxygen atoms in total. The van der Waals surface area contributed by atoms with Crippen molar-refractivity contribution in [3.05, 3.63) is 53.7 Å². The zero-order valence-electron chi connectivity index (χ0n) is 17.1. The van der Waals surface area contributed by atoms with Gasteiger partial charge < -0.3 is 10.1 Å². The van der Waals surface area contributed by atoms with Crippen LogP contribution in [0.2, 0.25) is 0 Å². The highest BCUT2D eigenvalue weighted by Crippen LogP contribution is 2.27. The number of benzene rings is 1. The molecule has 1 aromatic carbocycles. The number of aromatic nitrogens is 1. The molecular weight excluding hydrogens is 473 g/mol. The highest BCUT2D eigenvalue weighted by molar-refractivity contribution is 7.89. The number of carbonyl (C=O) groups is 1. The minimum absolute atomic E-state index is 0.0336. The molecule has 33 heavy (non-hydrogen) atoms. The molecule has 1 atom stereocenters. The van der Waals surface area contributed by atoms with Crippen molar-refractivity contribution in [3.63, 3.8) is 0 Å². The normalized spacial score (nSPS) is 17.2. The average molecular weight is 493 g/mol. The number of pyridine rings is 1. The van der Waals surface area contributed by atoms with E-state index in [4.69, 9.17) is 4.74 Å². The second kappa shape index (κ2) is 10.00. The zero-order valence-corrected chi connectivity index (χ0v) is 17.9. The maximum atomic E-state index is 13.5. The number of sulfonamides is 1. The summed E-state index contributed by atoms with van der Waals surface area (Å²) in [5.74, 6) is -3.16. The number of amides is 1. The van der Waals surface area contributed by atoms with Crippen LogP contribution in [0.4, 0.5) is 22.0 Å². The van der Waals surface area contributed by atoms with Crippen LogP contribution in [0.3, 0.4) is 0 Å². The monoisotopic (exact) mass is 493 g/mol. The van der Waals surface area contributed by atoms with Crippen molar-refractivity contribution in [1.29, 1.82) is 0 Å². The highest BCUT2D eigenvalue weighted by atomic mass is 32.2. The van der Waals surface area contributed by atoms with Gasteiger partial charge in [-0.3, -0.25) is 4.79 Å². The molecular formula is C20H20F5N3O4S. The maximum absolute atomic E-state index is 13.5. The molecule has 1 saturated heterocycles. The van der Waals surface area contributed by atoms with E-state index in [9.17, 15) is 35.2 Å². The molecule has 0 radical (unpaired) electrons. The van der Waals surface area contributed by atoms with E-state index in [-0.39, 0.29) is 25.4 Å². The first kappa shape index (κ1) is 24.8. The van der Waals surface area contributed by atoms with Crippen molar-refractivity contribution < 1.29 is 39.9 Å². The van der Waals surface area contributed by atoms with Crippen molar-refractivity contribution in [1.82, 2.24) is 14.6 Å². The van der Waals surface area contributed by atoms with E-state index in [1.165, 1.54) is 18.3 Å². The van der Waals surface area contributed by atoms with E-state index < -0.39 is 57.7 Å². The van der Waals surface area contributed by atoms with Gasteiger partial charge in [0, 0.05) is 25.4 Å². The molecule has 3 rings (SSSR count). The minimum Gasteiger partial charge on any atom is -0.477 e. The second-order valence-electron chi connectivity index (χ2n) is 7.28. The van der Waals surface area contributed by atoms with Crippen molar-refractivity contribution in [3.8, 4) is 5.88 Å². The summed E-state index contributed by atoms with van der Waals surface area (Å²) < 4.78 is 95.0. The van der Waals surface area contributed by atoms with Gasteiger partial charge in [0.15, 0.2) is 11.6 Å². The Morgan fingerprint density at radius 1 is 1.18 bits per heavy atom. The van der Waals surface area contributed by atoms with Crippen LogP contribution in [-0.2, 0) is 21.4 Å². The summed E-state index contributed by atoms with van der Waals surface area (Å²) in [6.07, 6.45) is -3.57. The topological polar surface area (TPSA) is 88.6 Å². The number of nitrogens with zero attached hydrogens (tertiary/aromatic N) is 2. The predicted octanol–water partition coefficient (Wildman–Crippen LogP) is 3.16. The van der Waals surface area contributed by atoms with Gasteiger partial charge in [-0.05, 0) is 42.7 Å². The Hall–Kier alpha value is -2.80. The number of carbonyl (C=O) groups excluding carboxylic acids is 1. The number of ether oxygens (including phenoxy) is 1. The van der Waals surface area contributed by atoms with E-state index in [1.807, 2.05) is 0 Å². The molecule has 0 aliphatic carbocycles. The van der Waals surface area contributed by atoms with Gasteiger partial charge in [0.05, 0.1) is 17.9 Å². The Morgan fingerprint density at radius 2 is 1.94 bits per heavy atom. The number of halogens is 5.